The van der Waals surface area contributed by atoms with Gasteiger partial charge in [0.05, 0.1) is 7.11 Å². The van der Waals surface area contributed by atoms with Gasteiger partial charge < -0.3 is 9.84 Å². The molecule has 17 heavy (non-hydrogen) atoms. The second-order valence-electron chi connectivity index (χ2n) is 3.42. The van der Waals surface area contributed by atoms with Crippen LogP contribution in [0, 0.1) is 5.92 Å². The number of aliphatic carboxylic acids is 1. The number of carbonyl (C=O) groups excluding carboxylic acids is 1. The van der Waals surface area contributed by atoms with Crippen LogP contribution in [0.15, 0.2) is 0 Å². The Morgan fingerprint density at radius 1 is 1.41 bits per heavy atom. The van der Waals surface area contributed by atoms with Crippen LogP contribution < -0.4 is 9.44 Å². The summed E-state index contributed by atoms with van der Waals surface area (Å²) in [6.45, 7) is 3.31. The van der Waals surface area contributed by atoms with E-state index in [1.165, 1.54) is 4.72 Å². The molecule has 0 aromatic heterocycles. The molecule has 2 atom stereocenters. The number of carbonyl (C=O) groups is 2. The van der Waals surface area contributed by atoms with E-state index in [0.717, 1.165) is 7.11 Å². The highest BCUT2D eigenvalue weighted by Gasteiger charge is 2.29. The van der Waals surface area contributed by atoms with Crippen LogP contribution in [0.4, 0.5) is 4.79 Å². The zero-order valence-corrected chi connectivity index (χ0v) is 10.6. The van der Waals surface area contributed by atoms with Crippen LogP contribution in [0.5, 0.6) is 0 Å². The van der Waals surface area contributed by atoms with Crippen molar-refractivity contribution in [3.8, 4) is 0 Å². The van der Waals surface area contributed by atoms with E-state index in [2.05, 4.69) is 4.74 Å². The fraction of sp³-hybridized carbons (Fsp3) is 0.750. The Balaban J connectivity index is 4.76. The second-order valence-corrected chi connectivity index (χ2v) is 4.86. The number of carboxylic acids is 1. The van der Waals surface area contributed by atoms with Gasteiger partial charge in [0.2, 0.25) is 0 Å². The molecule has 0 saturated heterocycles. The average molecular weight is 268 g/mol. The average Bonchev–Trinajstić information content (AvgIpc) is 2.23. The highest BCUT2D eigenvalue weighted by molar-refractivity contribution is 7.88. The van der Waals surface area contributed by atoms with E-state index in [0.29, 0.717) is 6.42 Å². The van der Waals surface area contributed by atoms with Gasteiger partial charge in [0.25, 0.3) is 0 Å². The van der Waals surface area contributed by atoms with Gasteiger partial charge in [-0.2, -0.15) is 13.1 Å². The number of hydrogen-bond donors (Lipinski definition) is 3. The largest absolute Gasteiger partial charge is 0.480 e. The predicted octanol–water partition coefficient (Wildman–Crippen LogP) is -0.324. The summed E-state index contributed by atoms with van der Waals surface area (Å²) in [6, 6.07) is -1.30. The molecule has 0 bridgehead atoms. The van der Waals surface area contributed by atoms with Crippen LogP contribution in [-0.4, -0.2) is 38.7 Å². The second kappa shape index (κ2) is 6.40. The SMILES string of the molecule is CCC(C)[C@H](NS(=O)(=O)NC(=O)OC)C(=O)O. The molecule has 0 spiro atoms. The van der Waals surface area contributed by atoms with E-state index in [1.807, 2.05) is 4.72 Å². The Kier molecular flexibility index (Phi) is 5.89. The number of rotatable bonds is 6. The normalized spacial score (nSPS) is 14.8. The van der Waals surface area contributed by atoms with Gasteiger partial charge in [-0.25, -0.2) is 9.52 Å². The van der Waals surface area contributed by atoms with Crippen molar-refractivity contribution in [3.05, 3.63) is 0 Å². The summed E-state index contributed by atoms with van der Waals surface area (Å²) in [5.41, 5.74) is 0. The molecule has 1 amide bonds. The lowest BCUT2D eigenvalue weighted by atomic mass is 10.0. The monoisotopic (exact) mass is 268 g/mol. The Morgan fingerprint density at radius 2 is 1.94 bits per heavy atom. The van der Waals surface area contributed by atoms with Crippen LogP contribution in [0.3, 0.4) is 0 Å². The van der Waals surface area contributed by atoms with Gasteiger partial charge in [0, 0.05) is 0 Å². The number of carboxylic acid groups (broad SMARTS) is 1. The first-order valence-electron chi connectivity index (χ1n) is 4.84. The maximum absolute atomic E-state index is 11.3. The summed E-state index contributed by atoms with van der Waals surface area (Å²) in [5.74, 6) is -1.73. The summed E-state index contributed by atoms with van der Waals surface area (Å²) in [5, 5.41) is 8.86. The van der Waals surface area contributed by atoms with Crippen LogP contribution in [0.25, 0.3) is 0 Å². The highest BCUT2D eigenvalue weighted by atomic mass is 32.2. The molecule has 9 heteroatoms. The molecule has 3 N–H and O–H groups in total. The van der Waals surface area contributed by atoms with Crippen molar-refractivity contribution < 1.29 is 27.9 Å². The molecule has 0 radical (unpaired) electrons. The van der Waals surface area contributed by atoms with Gasteiger partial charge in [-0.1, -0.05) is 20.3 Å². The first-order chi connectivity index (χ1) is 7.73. The summed E-state index contributed by atoms with van der Waals surface area (Å²) in [6.07, 6.45) is -0.719. The predicted molar refractivity (Wildman–Crippen MR) is 58.5 cm³/mol. The Morgan fingerprint density at radius 3 is 2.29 bits per heavy atom. The number of amides is 1. The van der Waals surface area contributed by atoms with E-state index in [1.54, 1.807) is 13.8 Å². The molecule has 0 fully saturated rings. The molecule has 0 aliphatic rings. The molecular weight excluding hydrogens is 252 g/mol. The molecule has 0 aliphatic heterocycles. The molecule has 0 rings (SSSR count). The quantitative estimate of drug-likeness (QED) is 0.606. The maximum Gasteiger partial charge on any atom is 0.421 e. The number of methoxy groups -OCH3 is 1. The van der Waals surface area contributed by atoms with Gasteiger partial charge in [-0.15, -0.1) is 0 Å². The minimum absolute atomic E-state index is 0.415. The maximum atomic E-state index is 11.3. The van der Waals surface area contributed by atoms with Gasteiger partial charge in [0.1, 0.15) is 6.04 Å². The lowest BCUT2D eigenvalue weighted by Crippen LogP contribution is -2.50. The van der Waals surface area contributed by atoms with Crippen LogP contribution in [0.1, 0.15) is 20.3 Å². The van der Waals surface area contributed by atoms with Gasteiger partial charge in [-0.05, 0) is 5.92 Å². The van der Waals surface area contributed by atoms with Crippen molar-refractivity contribution in [3.63, 3.8) is 0 Å². The zero-order chi connectivity index (χ0) is 13.6. The molecule has 0 aromatic carbocycles. The molecular formula is C8H16N2O6S. The molecule has 1 unspecified atom stereocenters. The van der Waals surface area contributed by atoms with Gasteiger partial charge in [-0.3, -0.25) is 4.79 Å². The fourth-order valence-electron chi connectivity index (χ4n) is 0.994. The summed E-state index contributed by atoms with van der Waals surface area (Å²) in [7, 11) is -3.25. The van der Waals surface area contributed by atoms with E-state index < -0.39 is 34.2 Å². The molecule has 8 nitrogen and oxygen atoms in total. The van der Waals surface area contributed by atoms with Crippen LogP contribution >= 0.6 is 0 Å². The standard InChI is InChI=1S/C8H16N2O6S/c1-4-5(2)6(7(11)12)9-17(14,15)10-8(13)16-3/h5-6,9H,4H2,1-3H3,(H,10,13)(H,11,12)/t5?,6-/m0/s1. The summed E-state index contributed by atoms with van der Waals surface area (Å²) >= 11 is 0. The zero-order valence-electron chi connectivity index (χ0n) is 9.76. The van der Waals surface area contributed by atoms with E-state index in [-0.39, 0.29) is 0 Å². The lowest BCUT2D eigenvalue weighted by molar-refractivity contribution is -0.140. The third-order valence-electron chi connectivity index (χ3n) is 2.16. The third kappa shape index (κ3) is 5.50. The topological polar surface area (TPSA) is 122 Å². The Bertz CT molecular complexity index is 379. The molecule has 100 valence electrons. The Labute approximate surface area is 99.5 Å². The van der Waals surface area contributed by atoms with E-state index in [9.17, 15) is 18.0 Å². The minimum Gasteiger partial charge on any atom is -0.480 e. The molecule has 0 saturated carbocycles. The number of hydrogen-bond acceptors (Lipinski definition) is 5. The first kappa shape index (κ1) is 15.7. The van der Waals surface area contributed by atoms with Gasteiger partial charge in [0.15, 0.2) is 0 Å². The van der Waals surface area contributed by atoms with Crippen molar-refractivity contribution in [2.45, 2.75) is 26.3 Å². The van der Waals surface area contributed by atoms with Crippen molar-refractivity contribution in [2.24, 2.45) is 5.92 Å². The first-order valence-corrected chi connectivity index (χ1v) is 6.32. The third-order valence-corrected chi connectivity index (χ3v) is 3.16. The summed E-state index contributed by atoms with van der Waals surface area (Å²) < 4.78 is 30.2. The van der Waals surface area contributed by atoms with Crippen molar-refractivity contribution in [1.29, 1.82) is 0 Å². The summed E-state index contributed by atoms with van der Waals surface area (Å²) in [4.78, 5) is 21.6. The smallest absolute Gasteiger partial charge is 0.421 e. The minimum atomic E-state index is -4.25. The van der Waals surface area contributed by atoms with E-state index in [4.69, 9.17) is 5.11 Å². The van der Waals surface area contributed by atoms with Crippen molar-refractivity contribution >= 4 is 22.3 Å². The van der Waals surface area contributed by atoms with Crippen molar-refractivity contribution in [1.82, 2.24) is 9.44 Å². The van der Waals surface area contributed by atoms with Gasteiger partial charge >= 0.3 is 22.3 Å². The van der Waals surface area contributed by atoms with Crippen molar-refractivity contribution in [2.75, 3.05) is 7.11 Å². The fourth-order valence-corrected chi connectivity index (χ4v) is 2.02. The van der Waals surface area contributed by atoms with E-state index >= 15 is 0 Å². The number of ether oxygens (including phenoxy) is 1. The molecule has 0 aliphatic carbocycles. The van der Waals surface area contributed by atoms with Crippen LogP contribution in [-0.2, 0) is 19.7 Å². The van der Waals surface area contributed by atoms with Crippen LogP contribution in [0.2, 0.25) is 0 Å². The highest BCUT2D eigenvalue weighted by Crippen LogP contribution is 2.08. The number of nitrogens with one attached hydrogen (secondary N) is 2. The lowest BCUT2D eigenvalue weighted by Gasteiger charge is -2.19. The molecule has 0 heterocycles. The molecule has 0 aromatic rings. The Hall–Kier alpha value is -1.35.